The van der Waals surface area contributed by atoms with Crippen LogP contribution in [0.1, 0.15) is 37.9 Å². The van der Waals surface area contributed by atoms with Gasteiger partial charge in [0.15, 0.2) is 0 Å². The Kier molecular flexibility index (Phi) is 5.26. The molecule has 5 heteroatoms. The monoisotopic (exact) mass is 404 g/mol. The second kappa shape index (κ2) is 6.58. The maximum Gasteiger partial charge on any atom is 0.306 e. The van der Waals surface area contributed by atoms with E-state index in [2.05, 4.69) is 38.8 Å². The summed E-state index contributed by atoms with van der Waals surface area (Å²) >= 11 is 6.83. The van der Waals surface area contributed by atoms with Crippen LogP contribution >= 0.6 is 31.9 Å². The van der Waals surface area contributed by atoms with Gasteiger partial charge in [-0.25, -0.2) is 0 Å². The van der Waals surface area contributed by atoms with Crippen molar-refractivity contribution in [3.05, 3.63) is 32.7 Å². The van der Waals surface area contributed by atoms with Crippen LogP contribution in [0.2, 0.25) is 0 Å². The van der Waals surface area contributed by atoms with Crippen LogP contribution < -0.4 is 0 Å². The van der Waals surface area contributed by atoms with Crippen LogP contribution in [0.15, 0.2) is 27.1 Å². The van der Waals surface area contributed by atoms with Crippen LogP contribution in [0.4, 0.5) is 0 Å². The third-order valence-electron chi connectivity index (χ3n) is 4.29. The Morgan fingerprint density at radius 1 is 1.40 bits per heavy atom. The van der Waals surface area contributed by atoms with Crippen molar-refractivity contribution in [1.29, 1.82) is 0 Å². The number of hydrogen-bond donors (Lipinski definition) is 2. The largest absolute Gasteiger partial charge is 0.481 e. The Bertz CT molecular complexity index is 504. The van der Waals surface area contributed by atoms with Gasteiger partial charge in [0, 0.05) is 14.9 Å². The maximum atomic E-state index is 11.4. The molecular weight excluding hydrogens is 388 g/mol. The summed E-state index contributed by atoms with van der Waals surface area (Å²) in [6.07, 6.45) is 1.65. The molecule has 0 aromatic heterocycles. The molecule has 20 heavy (non-hydrogen) atoms. The van der Waals surface area contributed by atoms with E-state index < -0.39 is 18.0 Å². The Morgan fingerprint density at radius 3 is 2.70 bits per heavy atom. The quantitative estimate of drug-likeness (QED) is 0.781. The molecule has 0 saturated heterocycles. The number of hydrogen-bond acceptors (Lipinski definition) is 2. The number of carbonyl (C=O) groups is 1. The van der Waals surface area contributed by atoms with Crippen LogP contribution in [-0.2, 0) is 4.79 Å². The van der Waals surface area contributed by atoms with Gasteiger partial charge in [0.1, 0.15) is 0 Å². The SMILES string of the molecule is CCC1CC(C(=O)O)C(C(O)c2cc(Br)ccc2Br)C1. The fourth-order valence-corrected chi connectivity index (χ4v) is 3.98. The van der Waals surface area contributed by atoms with Gasteiger partial charge in [-0.15, -0.1) is 0 Å². The first-order valence-electron chi connectivity index (χ1n) is 6.79. The van der Waals surface area contributed by atoms with Crippen molar-refractivity contribution in [2.45, 2.75) is 32.3 Å². The molecule has 110 valence electrons. The van der Waals surface area contributed by atoms with Crippen molar-refractivity contribution in [2.75, 3.05) is 0 Å². The number of aliphatic hydroxyl groups excluding tert-OH is 1. The van der Waals surface area contributed by atoms with Gasteiger partial charge in [-0.2, -0.15) is 0 Å². The van der Waals surface area contributed by atoms with Crippen LogP contribution in [0.25, 0.3) is 0 Å². The minimum atomic E-state index is -0.795. The molecule has 4 atom stereocenters. The van der Waals surface area contributed by atoms with Crippen molar-refractivity contribution >= 4 is 37.8 Å². The average molecular weight is 406 g/mol. The van der Waals surface area contributed by atoms with E-state index in [1.807, 2.05) is 18.2 Å². The second-order valence-corrected chi connectivity index (χ2v) is 7.23. The first-order chi connectivity index (χ1) is 9.43. The molecule has 0 spiro atoms. The van der Waals surface area contributed by atoms with Crippen LogP contribution in [0.3, 0.4) is 0 Å². The zero-order valence-corrected chi connectivity index (χ0v) is 14.4. The van der Waals surface area contributed by atoms with Crippen molar-refractivity contribution in [3.63, 3.8) is 0 Å². The lowest BCUT2D eigenvalue weighted by molar-refractivity contribution is -0.144. The first-order valence-corrected chi connectivity index (χ1v) is 8.38. The summed E-state index contributed by atoms with van der Waals surface area (Å²) in [6.45, 7) is 2.08. The molecule has 2 rings (SSSR count). The summed E-state index contributed by atoms with van der Waals surface area (Å²) in [7, 11) is 0. The summed E-state index contributed by atoms with van der Waals surface area (Å²) in [5, 5.41) is 20.0. The molecule has 3 nitrogen and oxygen atoms in total. The van der Waals surface area contributed by atoms with Crippen LogP contribution in [-0.4, -0.2) is 16.2 Å². The van der Waals surface area contributed by atoms with E-state index in [9.17, 15) is 15.0 Å². The standard InChI is InChI=1S/C15H18Br2O3/c1-2-8-5-10(11(6-8)15(19)20)14(18)12-7-9(16)3-4-13(12)17/h3-4,7-8,10-11,14,18H,2,5-6H2,1H3,(H,19,20). The third-order valence-corrected chi connectivity index (χ3v) is 5.50. The molecule has 4 unspecified atom stereocenters. The van der Waals surface area contributed by atoms with Gasteiger partial charge in [0.05, 0.1) is 12.0 Å². The number of aliphatic hydroxyl groups is 1. The lowest BCUT2D eigenvalue weighted by Crippen LogP contribution is -2.24. The minimum Gasteiger partial charge on any atom is -0.481 e. The molecule has 0 amide bonds. The molecule has 2 N–H and O–H groups in total. The van der Waals surface area contributed by atoms with E-state index in [4.69, 9.17) is 0 Å². The lowest BCUT2D eigenvalue weighted by Gasteiger charge is -2.23. The molecule has 0 heterocycles. The molecule has 0 aliphatic heterocycles. The van der Waals surface area contributed by atoms with Crippen LogP contribution in [0.5, 0.6) is 0 Å². The third kappa shape index (κ3) is 3.26. The zero-order valence-electron chi connectivity index (χ0n) is 11.2. The number of rotatable bonds is 4. The molecular formula is C15H18Br2O3. The normalized spacial score (nSPS) is 27.5. The molecule has 1 saturated carbocycles. The number of halogens is 2. The Labute approximate surface area is 135 Å². The van der Waals surface area contributed by atoms with E-state index in [1.54, 1.807) is 0 Å². The fraction of sp³-hybridized carbons (Fsp3) is 0.533. The van der Waals surface area contributed by atoms with Gasteiger partial charge in [-0.05, 0) is 42.5 Å². The van der Waals surface area contributed by atoms with E-state index in [-0.39, 0.29) is 5.92 Å². The molecule has 0 radical (unpaired) electrons. The summed E-state index contributed by atoms with van der Waals surface area (Å²) in [6, 6.07) is 5.61. The highest BCUT2D eigenvalue weighted by molar-refractivity contribution is 9.11. The molecule has 0 bridgehead atoms. The highest BCUT2D eigenvalue weighted by atomic mass is 79.9. The Hall–Kier alpha value is -0.390. The van der Waals surface area contributed by atoms with Gasteiger partial charge in [0.2, 0.25) is 0 Å². The summed E-state index contributed by atoms with van der Waals surface area (Å²) < 4.78 is 1.70. The second-order valence-electron chi connectivity index (χ2n) is 5.46. The van der Waals surface area contributed by atoms with E-state index in [0.29, 0.717) is 12.3 Å². The number of carboxylic acids is 1. The molecule has 1 aromatic rings. The first kappa shape index (κ1) is 16.0. The molecule has 1 fully saturated rings. The van der Waals surface area contributed by atoms with E-state index >= 15 is 0 Å². The Morgan fingerprint density at radius 2 is 2.10 bits per heavy atom. The fourth-order valence-electron chi connectivity index (χ4n) is 3.12. The van der Waals surface area contributed by atoms with Crippen molar-refractivity contribution < 1.29 is 15.0 Å². The van der Waals surface area contributed by atoms with Gasteiger partial charge >= 0.3 is 5.97 Å². The zero-order chi connectivity index (χ0) is 14.9. The highest BCUT2D eigenvalue weighted by Gasteiger charge is 2.42. The van der Waals surface area contributed by atoms with Gasteiger partial charge in [-0.1, -0.05) is 45.2 Å². The predicted molar refractivity (Wildman–Crippen MR) is 84.4 cm³/mol. The van der Waals surface area contributed by atoms with Crippen molar-refractivity contribution in [2.24, 2.45) is 17.8 Å². The van der Waals surface area contributed by atoms with Crippen molar-refractivity contribution in [3.8, 4) is 0 Å². The number of carboxylic acid groups (broad SMARTS) is 1. The van der Waals surface area contributed by atoms with Gasteiger partial charge < -0.3 is 10.2 Å². The molecule has 1 aromatic carbocycles. The topological polar surface area (TPSA) is 57.5 Å². The van der Waals surface area contributed by atoms with Crippen molar-refractivity contribution in [1.82, 2.24) is 0 Å². The lowest BCUT2D eigenvalue weighted by atomic mass is 9.87. The molecule has 1 aliphatic carbocycles. The van der Waals surface area contributed by atoms with Gasteiger partial charge in [-0.3, -0.25) is 4.79 Å². The summed E-state index contributed by atoms with van der Waals surface area (Å²) in [5.41, 5.74) is 0.757. The smallest absolute Gasteiger partial charge is 0.306 e. The average Bonchev–Trinajstić information content (AvgIpc) is 2.85. The molecule has 1 aliphatic rings. The van der Waals surface area contributed by atoms with Crippen LogP contribution in [0, 0.1) is 17.8 Å². The minimum absolute atomic E-state index is 0.219. The van der Waals surface area contributed by atoms with Gasteiger partial charge in [0.25, 0.3) is 0 Å². The van der Waals surface area contributed by atoms with E-state index in [0.717, 1.165) is 27.4 Å². The summed E-state index contributed by atoms with van der Waals surface area (Å²) in [4.78, 5) is 11.4. The highest BCUT2D eigenvalue weighted by Crippen LogP contribution is 2.46. The number of aliphatic carboxylic acids is 1. The predicted octanol–water partition coefficient (Wildman–Crippen LogP) is 4.38. The summed E-state index contributed by atoms with van der Waals surface area (Å²) in [5.74, 6) is -1.08. The maximum absolute atomic E-state index is 11.4. The van der Waals surface area contributed by atoms with E-state index in [1.165, 1.54) is 0 Å². The Balaban J connectivity index is 2.28. The number of benzene rings is 1.